The van der Waals surface area contributed by atoms with Crippen LogP contribution in [0.4, 0.5) is 0 Å². The van der Waals surface area contributed by atoms with Crippen LogP contribution in [-0.2, 0) is 0 Å². The van der Waals surface area contributed by atoms with Gasteiger partial charge in [0.2, 0.25) is 0 Å². The molecule has 0 spiro atoms. The predicted octanol–water partition coefficient (Wildman–Crippen LogP) is 18.0. The molecule has 0 radical (unpaired) electrons. The van der Waals surface area contributed by atoms with E-state index in [0.717, 1.165) is 0 Å². The first kappa shape index (κ1) is 37.4. The molecular weight excluding hydrogens is 769 g/mol. The van der Waals surface area contributed by atoms with Crippen LogP contribution >= 0.6 is 0 Å². The average molecular weight is 811 g/mol. The Labute approximate surface area is 374 Å². The molecule has 12 aromatic carbocycles. The molecule has 0 heteroatoms. The molecule has 0 bridgehead atoms. The minimum atomic E-state index is 1.18. The molecule has 0 atom stereocenters. The number of benzene rings is 12. The lowest BCUT2D eigenvalue weighted by molar-refractivity contribution is 1.56. The van der Waals surface area contributed by atoms with Gasteiger partial charge >= 0.3 is 0 Å². The molecule has 12 rings (SSSR count). The molecule has 12 aromatic rings. The molecule has 64 heavy (non-hydrogen) atoms. The normalized spacial score (nSPS) is 11.4. The van der Waals surface area contributed by atoms with Gasteiger partial charge in [0.15, 0.2) is 0 Å². The molecule has 0 aliphatic carbocycles. The number of hydrogen-bond donors (Lipinski definition) is 0. The van der Waals surface area contributed by atoms with Crippen molar-refractivity contribution in [2.75, 3.05) is 0 Å². The van der Waals surface area contributed by atoms with Crippen LogP contribution < -0.4 is 0 Å². The van der Waals surface area contributed by atoms with E-state index in [4.69, 9.17) is 0 Å². The second-order valence-corrected chi connectivity index (χ2v) is 16.8. The first-order chi connectivity index (χ1) is 31.7. The molecule has 0 fully saturated rings. The Morgan fingerprint density at radius 2 is 0.516 bits per heavy atom. The average Bonchev–Trinajstić information content (AvgIpc) is 3.38. The Balaban J connectivity index is 0.972. The SMILES string of the molecule is c1ccc(-c2ccc(-c3ccc(-c4ccc(-c5ccc(-c6cc7ccccc7c7ccccc67)cc5)cc4)cc3-c3c4ccccc4c(-c4ccccc4)c4ccccc34)cc2)cc1. The Kier molecular flexibility index (Phi) is 9.28. The molecule has 0 N–H and O–H groups in total. The highest BCUT2D eigenvalue weighted by atomic mass is 14.2. The van der Waals surface area contributed by atoms with Crippen molar-refractivity contribution >= 4 is 43.1 Å². The summed E-state index contributed by atoms with van der Waals surface area (Å²) in [7, 11) is 0. The van der Waals surface area contributed by atoms with E-state index in [-0.39, 0.29) is 0 Å². The number of hydrogen-bond acceptors (Lipinski definition) is 0. The van der Waals surface area contributed by atoms with Crippen molar-refractivity contribution < 1.29 is 0 Å². The molecular formula is C64H42. The lowest BCUT2D eigenvalue weighted by Gasteiger charge is -2.20. The Morgan fingerprint density at radius 1 is 0.156 bits per heavy atom. The van der Waals surface area contributed by atoms with Crippen LogP contribution in [0.25, 0.3) is 121 Å². The Morgan fingerprint density at radius 3 is 1.06 bits per heavy atom. The fourth-order valence-electron chi connectivity index (χ4n) is 9.98. The van der Waals surface area contributed by atoms with E-state index in [1.165, 1.54) is 121 Å². The summed E-state index contributed by atoms with van der Waals surface area (Å²) in [6.45, 7) is 0. The van der Waals surface area contributed by atoms with Crippen LogP contribution in [0.15, 0.2) is 255 Å². The topological polar surface area (TPSA) is 0 Å². The highest BCUT2D eigenvalue weighted by molar-refractivity contribution is 6.22. The van der Waals surface area contributed by atoms with Gasteiger partial charge in [0.25, 0.3) is 0 Å². The van der Waals surface area contributed by atoms with Gasteiger partial charge in [-0.05, 0) is 133 Å². The van der Waals surface area contributed by atoms with Crippen molar-refractivity contribution in [1.29, 1.82) is 0 Å². The maximum atomic E-state index is 2.43. The third kappa shape index (κ3) is 6.56. The van der Waals surface area contributed by atoms with Gasteiger partial charge < -0.3 is 0 Å². The molecule has 0 unspecified atom stereocenters. The molecule has 0 saturated heterocycles. The maximum Gasteiger partial charge on any atom is -0.00199 e. The van der Waals surface area contributed by atoms with Crippen molar-refractivity contribution in [2.24, 2.45) is 0 Å². The van der Waals surface area contributed by atoms with Gasteiger partial charge in [0.1, 0.15) is 0 Å². The summed E-state index contributed by atoms with van der Waals surface area (Å²) in [5.74, 6) is 0. The summed E-state index contributed by atoms with van der Waals surface area (Å²) in [4.78, 5) is 0. The third-order valence-electron chi connectivity index (χ3n) is 13.1. The molecule has 0 saturated carbocycles. The van der Waals surface area contributed by atoms with Crippen LogP contribution in [0.1, 0.15) is 0 Å². The van der Waals surface area contributed by atoms with Gasteiger partial charge in [-0.2, -0.15) is 0 Å². The van der Waals surface area contributed by atoms with Crippen LogP contribution in [0.3, 0.4) is 0 Å². The summed E-state index contributed by atoms with van der Waals surface area (Å²) in [6, 6.07) is 93.5. The van der Waals surface area contributed by atoms with Crippen molar-refractivity contribution in [3.8, 4) is 77.9 Å². The smallest absolute Gasteiger partial charge is 0.00199 e. The quantitative estimate of drug-likeness (QED) is 0.111. The van der Waals surface area contributed by atoms with Crippen LogP contribution in [0.5, 0.6) is 0 Å². The van der Waals surface area contributed by atoms with Crippen molar-refractivity contribution in [3.63, 3.8) is 0 Å². The standard InChI is InChI=1S/C64H42/c1-3-15-43(16-4-1)44-31-35-48(36-32-44)54-40-39-51(41-62(54)64-59-25-13-11-23-57(59)63(50-17-5-2-6-18-50)58-24-12-14-26-60(58)64)47-29-27-45(28-30-47)46-33-37-49(38-34-46)61-42-52-19-7-8-20-53(52)55-21-9-10-22-56(55)61/h1-42H. The molecule has 0 aliphatic rings. The Bertz CT molecular complexity index is 3600. The third-order valence-corrected chi connectivity index (χ3v) is 13.1. The Hall–Kier alpha value is -8.32. The van der Waals surface area contributed by atoms with E-state index in [0.29, 0.717) is 0 Å². The molecule has 0 aliphatic heterocycles. The molecule has 298 valence electrons. The zero-order chi connectivity index (χ0) is 42.4. The van der Waals surface area contributed by atoms with Crippen LogP contribution in [-0.4, -0.2) is 0 Å². The minimum Gasteiger partial charge on any atom is -0.0622 e. The highest BCUT2D eigenvalue weighted by Gasteiger charge is 2.20. The summed E-state index contributed by atoms with van der Waals surface area (Å²) in [6.07, 6.45) is 0. The highest BCUT2D eigenvalue weighted by Crippen LogP contribution is 2.47. The fourth-order valence-corrected chi connectivity index (χ4v) is 9.98. The van der Waals surface area contributed by atoms with E-state index in [1.807, 2.05) is 0 Å². The second kappa shape index (κ2) is 15.9. The van der Waals surface area contributed by atoms with E-state index in [2.05, 4.69) is 255 Å². The molecule has 0 heterocycles. The van der Waals surface area contributed by atoms with Gasteiger partial charge in [0, 0.05) is 0 Å². The summed E-state index contributed by atoms with van der Waals surface area (Å²) < 4.78 is 0. The van der Waals surface area contributed by atoms with E-state index < -0.39 is 0 Å². The largest absolute Gasteiger partial charge is 0.0622 e. The van der Waals surface area contributed by atoms with Crippen molar-refractivity contribution in [2.45, 2.75) is 0 Å². The second-order valence-electron chi connectivity index (χ2n) is 16.8. The lowest BCUT2D eigenvalue weighted by Crippen LogP contribution is -1.93. The zero-order valence-electron chi connectivity index (χ0n) is 35.2. The van der Waals surface area contributed by atoms with Gasteiger partial charge in [-0.15, -0.1) is 0 Å². The summed E-state index contributed by atoms with van der Waals surface area (Å²) >= 11 is 0. The van der Waals surface area contributed by atoms with Crippen molar-refractivity contribution in [1.82, 2.24) is 0 Å². The van der Waals surface area contributed by atoms with Gasteiger partial charge in [-0.25, -0.2) is 0 Å². The van der Waals surface area contributed by atoms with Gasteiger partial charge in [-0.1, -0.05) is 243 Å². The molecule has 0 amide bonds. The monoisotopic (exact) mass is 810 g/mol. The molecule has 0 nitrogen and oxygen atoms in total. The first-order valence-corrected chi connectivity index (χ1v) is 22.2. The zero-order valence-corrected chi connectivity index (χ0v) is 35.2. The number of rotatable bonds is 7. The van der Waals surface area contributed by atoms with E-state index >= 15 is 0 Å². The van der Waals surface area contributed by atoms with E-state index in [9.17, 15) is 0 Å². The van der Waals surface area contributed by atoms with Crippen LogP contribution in [0, 0.1) is 0 Å². The number of fused-ring (bicyclic) bond motifs is 5. The van der Waals surface area contributed by atoms with Crippen LogP contribution in [0.2, 0.25) is 0 Å². The lowest BCUT2D eigenvalue weighted by atomic mass is 9.82. The predicted molar refractivity (Wildman–Crippen MR) is 275 cm³/mol. The summed E-state index contributed by atoms with van der Waals surface area (Å²) in [5, 5.41) is 10.1. The van der Waals surface area contributed by atoms with E-state index in [1.54, 1.807) is 0 Å². The van der Waals surface area contributed by atoms with Gasteiger partial charge in [0.05, 0.1) is 0 Å². The fraction of sp³-hybridized carbons (Fsp3) is 0. The molecule has 0 aromatic heterocycles. The maximum absolute atomic E-state index is 2.43. The minimum absolute atomic E-state index is 1.18. The van der Waals surface area contributed by atoms with Gasteiger partial charge in [-0.3, -0.25) is 0 Å². The van der Waals surface area contributed by atoms with Crippen molar-refractivity contribution in [3.05, 3.63) is 255 Å². The first-order valence-electron chi connectivity index (χ1n) is 22.2. The summed E-state index contributed by atoms with van der Waals surface area (Å²) in [5.41, 5.74) is 17.1.